The van der Waals surface area contributed by atoms with Crippen LogP contribution >= 0.6 is 11.6 Å². The van der Waals surface area contributed by atoms with Crippen LogP contribution in [0, 0.1) is 0 Å². The zero-order valence-electron chi connectivity index (χ0n) is 15.1. The first kappa shape index (κ1) is 19.6. The minimum absolute atomic E-state index is 0.139. The summed E-state index contributed by atoms with van der Waals surface area (Å²) >= 11 is 5.83. The van der Waals surface area contributed by atoms with Gasteiger partial charge in [0.2, 0.25) is 0 Å². The van der Waals surface area contributed by atoms with E-state index in [-0.39, 0.29) is 12.4 Å². The molecule has 28 heavy (non-hydrogen) atoms. The van der Waals surface area contributed by atoms with Gasteiger partial charge in [0.15, 0.2) is 0 Å². The fourth-order valence-electron chi connectivity index (χ4n) is 2.59. The summed E-state index contributed by atoms with van der Waals surface area (Å²) in [5.41, 5.74) is 2.33. The number of carbonyl (C=O) groups excluding carboxylic acids is 2. The Balaban J connectivity index is 1.47. The molecule has 0 aromatic heterocycles. The van der Waals surface area contributed by atoms with Crippen LogP contribution in [0.1, 0.15) is 21.5 Å². The first-order chi connectivity index (χ1) is 13.6. The van der Waals surface area contributed by atoms with Gasteiger partial charge in [-0.3, -0.25) is 4.79 Å². The molecule has 0 atom stereocenters. The van der Waals surface area contributed by atoms with Crippen molar-refractivity contribution >= 4 is 23.5 Å². The third kappa shape index (κ3) is 5.96. The molecule has 5 heteroatoms. The summed E-state index contributed by atoms with van der Waals surface area (Å²) in [4.78, 5) is 24.1. The van der Waals surface area contributed by atoms with Gasteiger partial charge in [0.25, 0.3) is 0 Å². The van der Waals surface area contributed by atoms with Crippen LogP contribution in [0.25, 0.3) is 0 Å². The van der Waals surface area contributed by atoms with E-state index < -0.39 is 5.97 Å². The van der Waals surface area contributed by atoms with Crippen molar-refractivity contribution in [1.82, 2.24) is 0 Å². The zero-order chi connectivity index (χ0) is 19.8. The highest BCUT2D eigenvalue weighted by atomic mass is 35.5. The van der Waals surface area contributed by atoms with Gasteiger partial charge < -0.3 is 9.47 Å². The molecule has 142 valence electrons. The average molecular weight is 395 g/mol. The zero-order valence-corrected chi connectivity index (χ0v) is 15.9. The van der Waals surface area contributed by atoms with Crippen molar-refractivity contribution < 1.29 is 19.1 Å². The maximum atomic E-state index is 12.1. The highest BCUT2D eigenvalue weighted by Crippen LogP contribution is 2.15. The van der Waals surface area contributed by atoms with E-state index in [4.69, 9.17) is 21.1 Å². The van der Waals surface area contributed by atoms with Gasteiger partial charge in [0.1, 0.15) is 5.75 Å². The fraction of sp³-hybridized carbons (Fsp3) is 0.130. The summed E-state index contributed by atoms with van der Waals surface area (Å²) < 4.78 is 10.6. The Bertz CT molecular complexity index is 919. The Morgan fingerprint density at radius 2 is 1.46 bits per heavy atom. The van der Waals surface area contributed by atoms with E-state index in [2.05, 4.69) is 0 Å². The van der Waals surface area contributed by atoms with Crippen molar-refractivity contribution in [3.05, 3.63) is 101 Å². The van der Waals surface area contributed by atoms with Crippen LogP contribution in [0.4, 0.5) is 0 Å². The number of halogens is 1. The van der Waals surface area contributed by atoms with Crippen molar-refractivity contribution in [1.29, 1.82) is 0 Å². The van der Waals surface area contributed by atoms with E-state index in [1.54, 1.807) is 48.5 Å². The molecule has 4 nitrogen and oxygen atoms in total. The highest BCUT2D eigenvalue weighted by molar-refractivity contribution is 6.30. The summed E-state index contributed by atoms with van der Waals surface area (Å²) in [6, 6.07) is 23.1. The molecular formula is C23H19ClO4. The van der Waals surface area contributed by atoms with E-state index in [1.165, 1.54) is 0 Å². The lowest BCUT2D eigenvalue weighted by atomic mass is 10.1. The third-order valence-corrected chi connectivity index (χ3v) is 4.30. The Morgan fingerprint density at radius 3 is 2.14 bits per heavy atom. The molecule has 0 aliphatic rings. The van der Waals surface area contributed by atoms with E-state index >= 15 is 0 Å². The summed E-state index contributed by atoms with van der Waals surface area (Å²) in [6.45, 7) is 0.306. The molecule has 0 fully saturated rings. The quantitative estimate of drug-likeness (QED) is 0.423. The van der Waals surface area contributed by atoms with Crippen LogP contribution in [0.2, 0.25) is 5.02 Å². The summed E-state index contributed by atoms with van der Waals surface area (Å²) in [6.07, 6.45) is 0.799. The monoisotopic (exact) mass is 394 g/mol. The van der Waals surface area contributed by atoms with Gasteiger partial charge in [-0.25, -0.2) is 4.79 Å². The van der Waals surface area contributed by atoms with Crippen molar-refractivity contribution in [3.8, 4) is 5.75 Å². The summed E-state index contributed by atoms with van der Waals surface area (Å²) in [5.74, 6) is -0.421. The average Bonchev–Trinajstić information content (AvgIpc) is 2.71. The number of hydrogen-bond donors (Lipinski definition) is 0. The maximum Gasteiger partial charge on any atom is 0.338 e. The highest BCUT2D eigenvalue weighted by Gasteiger charge is 2.10. The molecular weight excluding hydrogens is 376 g/mol. The largest absolute Gasteiger partial charge is 0.462 e. The molecule has 0 aliphatic carbocycles. The Hall–Kier alpha value is -3.11. The van der Waals surface area contributed by atoms with E-state index in [0.29, 0.717) is 29.4 Å². The normalized spacial score (nSPS) is 10.3. The third-order valence-electron chi connectivity index (χ3n) is 4.05. The first-order valence-corrected chi connectivity index (χ1v) is 9.24. The van der Waals surface area contributed by atoms with Gasteiger partial charge in [-0.2, -0.15) is 0 Å². The minimum Gasteiger partial charge on any atom is -0.462 e. The predicted molar refractivity (Wildman–Crippen MR) is 108 cm³/mol. The van der Waals surface area contributed by atoms with Gasteiger partial charge in [0.05, 0.1) is 18.6 Å². The van der Waals surface area contributed by atoms with Gasteiger partial charge in [-0.05, 0) is 47.5 Å². The molecule has 0 bridgehead atoms. The minimum atomic E-state index is -0.407. The van der Waals surface area contributed by atoms with Gasteiger partial charge >= 0.3 is 11.9 Å². The second-order valence-corrected chi connectivity index (χ2v) is 6.61. The number of carbonyl (C=O) groups is 2. The smallest absolute Gasteiger partial charge is 0.338 e. The molecule has 0 N–H and O–H groups in total. The molecule has 0 radical (unpaired) electrons. The standard InChI is InChI=1S/C23H19ClO4/c24-20-10-6-18(7-11-20)16-22(25)28-21-12-8-19(9-13-21)23(26)27-15-14-17-4-2-1-3-5-17/h1-13H,14-16H2. The van der Waals surface area contributed by atoms with E-state index in [9.17, 15) is 9.59 Å². The van der Waals surface area contributed by atoms with Crippen molar-refractivity contribution in [2.24, 2.45) is 0 Å². The summed E-state index contributed by atoms with van der Waals surface area (Å²) in [5, 5.41) is 0.614. The molecule has 3 rings (SSSR count). The van der Waals surface area contributed by atoms with Crippen LogP contribution in [0.15, 0.2) is 78.9 Å². The van der Waals surface area contributed by atoms with Crippen LogP contribution in [0.3, 0.4) is 0 Å². The molecule has 3 aromatic rings. The second kappa shape index (κ2) is 9.72. The van der Waals surface area contributed by atoms with Crippen molar-refractivity contribution in [2.45, 2.75) is 12.8 Å². The summed E-state index contributed by atoms with van der Waals surface area (Å²) in [7, 11) is 0. The van der Waals surface area contributed by atoms with Gasteiger partial charge in [-0.15, -0.1) is 0 Å². The fourth-order valence-corrected chi connectivity index (χ4v) is 2.71. The number of benzene rings is 3. The lowest BCUT2D eigenvalue weighted by Crippen LogP contribution is -2.11. The molecule has 0 heterocycles. The predicted octanol–water partition coefficient (Wildman–Crippen LogP) is 4.89. The molecule has 0 amide bonds. The molecule has 0 aliphatic heterocycles. The Kier molecular flexibility index (Phi) is 6.82. The Labute approximate surface area is 168 Å². The molecule has 0 saturated heterocycles. The van der Waals surface area contributed by atoms with E-state index in [1.807, 2.05) is 30.3 Å². The molecule has 0 unspecified atom stereocenters. The second-order valence-electron chi connectivity index (χ2n) is 6.17. The Morgan fingerprint density at radius 1 is 0.786 bits per heavy atom. The molecule has 3 aromatic carbocycles. The van der Waals surface area contributed by atoms with E-state index in [0.717, 1.165) is 11.1 Å². The van der Waals surface area contributed by atoms with Crippen molar-refractivity contribution in [3.63, 3.8) is 0 Å². The molecule has 0 saturated carbocycles. The first-order valence-electron chi connectivity index (χ1n) is 8.86. The number of ether oxygens (including phenoxy) is 2. The number of rotatable bonds is 7. The van der Waals surface area contributed by atoms with Gasteiger partial charge in [0, 0.05) is 11.4 Å². The van der Waals surface area contributed by atoms with Crippen LogP contribution < -0.4 is 4.74 Å². The van der Waals surface area contributed by atoms with Gasteiger partial charge in [-0.1, -0.05) is 54.1 Å². The maximum absolute atomic E-state index is 12.1. The topological polar surface area (TPSA) is 52.6 Å². The van der Waals surface area contributed by atoms with Crippen LogP contribution in [0.5, 0.6) is 5.75 Å². The van der Waals surface area contributed by atoms with Crippen molar-refractivity contribution in [2.75, 3.05) is 6.61 Å². The SMILES string of the molecule is O=C(Cc1ccc(Cl)cc1)Oc1ccc(C(=O)OCCc2ccccc2)cc1. The van der Waals surface area contributed by atoms with Crippen LogP contribution in [-0.4, -0.2) is 18.5 Å². The molecule has 0 spiro atoms. The number of esters is 2. The lowest BCUT2D eigenvalue weighted by Gasteiger charge is -2.07. The number of hydrogen-bond acceptors (Lipinski definition) is 4. The lowest BCUT2D eigenvalue weighted by molar-refractivity contribution is -0.133. The van der Waals surface area contributed by atoms with Crippen LogP contribution in [-0.2, 0) is 22.4 Å².